The van der Waals surface area contributed by atoms with E-state index in [0.29, 0.717) is 25.2 Å². The molecular formula is C20H18F7NO. The summed E-state index contributed by atoms with van der Waals surface area (Å²) < 4.78 is 97.4. The second-order valence-corrected chi connectivity index (χ2v) is 6.97. The standard InChI is InChI=1S/C20H18F7NO/c1-11(13-6-14(19(22,23)24)8-15(7-13)20(25,26)27)29-18-10-28-9-17(18)12-2-4-16(21)5-3-12/h2-8,11,17-18,28H,9-10H2,1H3/t11-,17+,18+/m1/s1. The van der Waals surface area contributed by atoms with Gasteiger partial charge in [-0.25, -0.2) is 4.39 Å². The van der Waals surface area contributed by atoms with E-state index < -0.39 is 41.5 Å². The summed E-state index contributed by atoms with van der Waals surface area (Å²) in [5.74, 6) is -0.611. The lowest BCUT2D eigenvalue weighted by atomic mass is 9.95. The number of benzene rings is 2. The lowest BCUT2D eigenvalue weighted by Crippen LogP contribution is -2.23. The highest BCUT2D eigenvalue weighted by Gasteiger charge is 2.38. The van der Waals surface area contributed by atoms with Crippen LogP contribution >= 0.6 is 0 Å². The van der Waals surface area contributed by atoms with Crippen LogP contribution in [0, 0.1) is 5.82 Å². The van der Waals surface area contributed by atoms with Crippen LogP contribution in [0.25, 0.3) is 0 Å². The van der Waals surface area contributed by atoms with Crippen molar-refractivity contribution in [2.75, 3.05) is 13.1 Å². The zero-order chi connectivity index (χ0) is 21.4. The molecule has 1 fully saturated rings. The molecule has 0 unspecified atom stereocenters. The zero-order valence-corrected chi connectivity index (χ0v) is 15.2. The average Bonchev–Trinajstić information content (AvgIpc) is 3.08. The second-order valence-electron chi connectivity index (χ2n) is 6.97. The van der Waals surface area contributed by atoms with Crippen LogP contribution in [0.3, 0.4) is 0 Å². The zero-order valence-electron chi connectivity index (χ0n) is 15.2. The van der Waals surface area contributed by atoms with Crippen molar-refractivity contribution in [2.45, 2.75) is 37.4 Å². The molecule has 0 saturated carbocycles. The Kier molecular flexibility index (Phi) is 5.91. The van der Waals surface area contributed by atoms with Gasteiger partial charge < -0.3 is 10.1 Å². The van der Waals surface area contributed by atoms with Crippen LogP contribution in [0.2, 0.25) is 0 Å². The lowest BCUT2D eigenvalue weighted by Gasteiger charge is -2.25. The van der Waals surface area contributed by atoms with Crippen molar-refractivity contribution < 1.29 is 35.5 Å². The molecule has 2 aromatic rings. The van der Waals surface area contributed by atoms with E-state index in [1.165, 1.54) is 19.1 Å². The van der Waals surface area contributed by atoms with Gasteiger partial charge in [0.15, 0.2) is 0 Å². The van der Waals surface area contributed by atoms with Gasteiger partial charge in [0, 0.05) is 19.0 Å². The van der Waals surface area contributed by atoms with Crippen LogP contribution < -0.4 is 5.32 Å². The van der Waals surface area contributed by atoms with Gasteiger partial charge in [-0.05, 0) is 48.4 Å². The van der Waals surface area contributed by atoms with Gasteiger partial charge in [-0.15, -0.1) is 0 Å². The molecule has 158 valence electrons. The summed E-state index contributed by atoms with van der Waals surface area (Å²) in [5, 5.41) is 3.08. The number of alkyl halides is 6. The third-order valence-corrected chi connectivity index (χ3v) is 4.92. The Morgan fingerprint density at radius 3 is 1.97 bits per heavy atom. The topological polar surface area (TPSA) is 21.3 Å². The molecule has 2 aromatic carbocycles. The minimum absolute atomic E-state index is 0.0919. The van der Waals surface area contributed by atoms with Crippen LogP contribution in [-0.2, 0) is 17.1 Å². The summed E-state index contributed by atoms with van der Waals surface area (Å²) in [6.45, 7) is 2.28. The molecule has 1 saturated heterocycles. The Morgan fingerprint density at radius 1 is 0.897 bits per heavy atom. The molecule has 0 aliphatic carbocycles. The Hall–Kier alpha value is -2.13. The molecule has 1 N–H and O–H groups in total. The predicted molar refractivity (Wildman–Crippen MR) is 91.7 cm³/mol. The van der Waals surface area contributed by atoms with Gasteiger partial charge in [0.2, 0.25) is 0 Å². The predicted octanol–water partition coefficient (Wildman–Crippen LogP) is 5.70. The summed E-state index contributed by atoms with van der Waals surface area (Å²) >= 11 is 0. The summed E-state index contributed by atoms with van der Waals surface area (Å²) in [5.41, 5.74) is -2.19. The molecular weight excluding hydrogens is 403 g/mol. The van der Waals surface area contributed by atoms with Crippen LogP contribution in [0.1, 0.15) is 41.2 Å². The molecule has 0 spiro atoms. The fourth-order valence-corrected chi connectivity index (χ4v) is 3.39. The van der Waals surface area contributed by atoms with Crippen LogP contribution in [0.15, 0.2) is 42.5 Å². The number of rotatable bonds is 4. The maximum Gasteiger partial charge on any atom is 0.416 e. The van der Waals surface area contributed by atoms with Gasteiger partial charge in [-0.1, -0.05) is 12.1 Å². The van der Waals surface area contributed by atoms with E-state index in [9.17, 15) is 30.7 Å². The normalized spacial score (nSPS) is 21.4. The van der Waals surface area contributed by atoms with Crippen molar-refractivity contribution in [2.24, 2.45) is 0 Å². The third-order valence-electron chi connectivity index (χ3n) is 4.92. The summed E-state index contributed by atoms with van der Waals surface area (Å²) in [6, 6.07) is 7.19. The second kappa shape index (κ2) is 7.95. The fraction of sp³-hybridized carbons (Fsp3) is 0.400. The number of ether oxygens (including phenoxy) is 1. The van der Waals surface area contributed by atoms with Gasteiger partial charge in [-0.2, -0.15) is 26.3 Å². The fourth-order valence-electron chi connectivity index (χ4n) is 3.39. The first-order chi connectivity index (χ1) is 13.4. The average molecular weight is 421 g/mol. The molecule has 0 radical (unpaired) electrons. The number of hydrogen-bond acceptors (Lipinski definition) is 2. The van der Waals surface area contributed by atoms with Gasteiger partial charge in [0.25, 0.3) is 0 Å². The lowest BCUT2D eigenvalue weighted by molar-refractivity contribution is -0.143. The first-order valence-electron chi connectivity index (χ1n) is 8.86. The highest BCUT2D eigenvalue weighted by Crippen LogP contribution is 2.38. The van der Waals surface area contributed by atoms with E-state index in [2.05, 4.69) is 5.32 Å². The van der Waals surface area contributed by atoms with Gasteiger partial charge >= 0.3 is 12.4 Å². The SMILES string of the molecule is C[C@@H](O[C@H]1CNC[C@H]1c1ccc(F)cc1)c1cc(C(F)(F)F)cc(C(F)(F)F)c1. The molecule has 0 bridgehead atoms. The number of halogens is 7. The quantitative estimate of drug-likeness (QED) is 0.640. The molecule has 1 aliphatic heterocycles. The maximum atomic E-state index is 13.1. The first kappa shape index (κ1) is 21.6. The highest BCUT2D eigenvalue weighted by molar-refractivity contribution is 5.35. The Balaban J connectivity index is 1.86. The summed E-state index contributed by atoms with van der Waals surface area (Å²) in [6.07, 6.45) is -11.3. The Labute approximate surface area is 162 Å². The molecule has 0 aromatic heterocycles. The Morgan fingerprint density at radius 2 is 1.45 bits per heavy atom. The van der Waals surface area contributed by atoms with Crippen molar-refractivity contribution in [3.63, 3.8) is 0 Å². The van der Waals surface area contributed by atoms with Crippen LogP contribution in [0.5, 0.6) is 0 Å². The molecule has 1 heterocycles. The van der Waals surface area contributed by atoms with Gasteiger partial charge in [0.1, 0.15) is 5.82 Å². The van der Waals surface area contributed by atoms with E-state index in [4.69, 9.17) is 4.74 Å². The van der Waals surface area contributed by atoms with Crippen LogP contribution in [0.4, 0.5) is 30.7 Å². The molecule has 29 heavy (non-hydrogen) atoms. The molecule has 2 nitrogen and oxygen atoms in total. The largest absolute Gasteiger partial charge is 0.416 e. The monoisotopic (exact) mass is 421 g/mol. The smallest absolute Gasteiger partial charge is 0.369 e. The van der Waals surface area contributed by atoms with Crippen molar-refractivity contribution in [3.05, 3.63) is 70.5 Å². The first-order valence-corrected chi connectivity index (χ1v) is 8.86. The van der Waals surface area contributed by atoms with E-state index in [1.54, 1.807) is 12.1 Å². The van der Waals surface area contributed by atoms with Crippen molar-refractivity contribution >= 4 is 0 Å². The van der Waals surface area contributed by atoms with E-state index in [1.807, 2.05) is 0 Å². The summed E-state index contributed by atoms with van der Waals surface area (Å²) in [4.78, 5) is 0. The maximum absolute atomic E-state index is 13.1. The van der Waals surface area contributed by atoms with E-state index in [-0.39, 0.29) is 17.5 Å². The van der Waals surface area contributed by atoms with E-state index in [0.717, 1.165) is 5.56 Å². The number of hydrogen-bond donors (Lipinski definition) is 1. The van der Waals surface area contributed by atoms with Crippen molar-refractivity contribution in [1.82, 2.24) is 5.32 Å². The summed E-state index contributed by atoms with van der Waals surface area (Å²) in [7, 11) is 0. The highest BCUT2D eigenvalue weighted by atomic mass is 19.4. The molecule has 1 aliphatic rings. The molecule has 3 rings (SSSR count). The Bertz CT molecular complexity index is 813. The minimum atomic E-state index is -4.92. The van der Waals surface area contributed by atoms with Gasteiger partial charge in [0.05, 0.1) is 23.3 Å². The minimum Gasteiger partial charge on any atom is -0.369 e. The number of nitrogens with one attached hydrogen (secondary N) is 1. The van der Waals surface area contributed by atoms with Crippen molar-refractivity contribution in [3.8, 4) is 0 Å². The van der Waals surface area contributed by atoms with E-state index >= 15 is 0 Å². The third kappa shape index (κ3) is 5.08. The van der Waals surface area contributed by atoms with Gasteiger partial charge in [-0.3, -0.25) is 0 Å². The van der Waals surface area contributed by atoms with Crippen molar-refractivity contribution in [1.29, 1.82) is 0 Å². The molecule has 0 amide bonds. The molecule has 3 atom stereocenters. The molecule has 9 heteroatoms. The van der Waals surface area contributed by atoms with Crippen LogP contribution in [-0.4, -0.2) is 19.2 Å².